The zero-order chi connectivity index (χ0) is 16.8. The molecule has 1 atom stereocenters. The summed E-state index contributed by atoms with van der Waals surface area (Å²) in [6.45, 7) is 6.12. The summed E-state index contributed by atoms with van der Waals surface area (Å²) in [7, 11) is 0. The van der Waals surface area contributed by atoms with Crippen molar-refractivity contribution in [1.82, 2.24) is 4.57 Å². The number of carbonyl (C=O) groups is 1. The van der Waals surface area contributed by atoms with Crippen LogP contribution in [0.1, 0.15) is 49.8 Å². The molecule has 1 aliphatic rings. The molecule has 2 aromatic rings. The third-order valence-electron chi connectivity index (χ3n) is 4.16. The molecule has 4 nitrogen and oxygen atoms in total. The number of hydrogen-bond donors (Lipinski definition) is 1. The first-order valence-corrected chi connectivity index (χ1v) is 7.91. The Hall–Kier alpha value is -2.25. The van der Waals surface area contributed by atoms with Crippen molar-refractivity contribution in [1.29, 1.82) is 5.26 Å². The van der Waals surface area contributed by atoms with Crippen molar-refractivity contribution in [2.24, 2.45) is 0 Å². The summed E-state index contributed by atoms with van der Waals surface area (Å²) in [6, 6.07) is 9.77. The van der Waals surface area contributed by atoms with Crippen LogP contribution in [0.15, 0.2) is 30.5 Å². The third-order valence-corrected chi connectivity index (χ3v) is 4.51. The highest BCUT2D eigenvalue weighted by atomic mass is 35.5. The van der Waals surface area contributed by atoms with E-state index >= 15 is 0 Å². The lowest BCUT2D eigenvalue weighted by atomic mass is 9.85. The minimum atomic E-state index is -0.241. The van der Waals surface area contributed by atoms with Gasteiger partial charge in [0.1, 0.15) is 11.9 Å². The Balaban J connectivity index is 2.26. The van der Waals surface area contributed by atoms with E-state index in [4.69, 9.17) is 11.6 Å². The minimum Gasteiger partial charge on any atom is -0.328 e. The Morgan fingerprint density at radius 3 is 2.65 bits per heavy atom. The number of benzene rings is 1. The van der Waals surface area contributed by atoms with Crippen LogP contribution in [0.4, 0.5) is 5.82 Å². The summed E-state index contributed by atoms with van der Waals surface area (Å²) in [5.41, 5.74) is 2.08. The van der Waals surface area contributed by atoms with Gasteiger partial charge in [0.15, 0.2) is 0 Å². The van der Waals surface area contributed by atoms with Crippen LogP contribution >= 0.6 is 11.6 Å². The van der Waals surface area contributed by atoms with E-state index in [0.717, 1.165) is 11.1 Å². The van der Waals surface area contributed by atoms with Gasteiger partial charge in [-0.3, -0.25) is 4.79 Å². The fourth-order valence-electron chi connectivity index (χ4n) is 3.11. The molecule has 0 saturated heterocycles. The molecule has 2 heterocycles. The van der Waals surface area contributed by atoms with Gasteiger partial charge >= 0.3 is 0 Å². The Morgan fingerprint density at radius 1 is 1.35 bits per heavy atom. The number of nitriles is 1. The number of anilines is 1. The summed E-state index contributed by atoms with van der Waals surface area (Å²) in [5, 5.41) is 13.1. The monoisotopic (exact) mass is 327 g/mol. The minimum absolute atomic E-state index is 0.0597. The number of nitrogens with zero attached hydrogens (tertiary/aromatic N) is 2. The molecule has 0 radical (unpaired) electrons. The van der Waals surface area contributed by atoms with Crippen LogP contribution in [0.5, 0.6) is 0 Å². The van der Waals surface area contributed by atoms with E-state index in [2.05, 4.69) is 11.4 Å². The average Bonchev–Trinajstić information content (AvgIpc) is 2.85. The number of nitrogens with one attached hydrogen (secondary N) is 1. The van der Waals surface area contributed by atoms with E-state index in [1.54, 1.807) is 0 Å². The summed E-state index contributed by atoms with van der Waals surface area (Å²) < 4.78 is 1.96. The van der Waals surface area contributed by atoms with Crippen LogP contribution in [0.2, 0.25) is 5.02 Å². The van der Waals surface area contributed by atoms with Gasteiger partial charge in [-0.05, 0) is 32.4 Å². The van der Waals surface area contributed by atoms with Gasteiger partial charge in [0.05, 0.1) is 5.56 Å². The van der Waals surface area contributed by atoms with Gasteiger partial charge in [0.2, 0.25) is 5.91 Å². The second-order valence-corrected chi connectivity index (χ2v) is 7.19. The van der Waals surface area contributed by atoms with Gasteiger partial charge in [-0.15, -0.1) is 0 Å². The predicted molar refractivity (Wildman–Crippen MR) is 90.7 cm³/mol. The molecule has 1 aliphatic heterocycles. The van der Waals surface area contributed by atoms with Crippen molar-refractivity contribution in [3.63, 3.8) is 0 Å². The van der Waals surface area contributed by atoms with Crippen molar-refractivity contribution in [3.05, 3.63) is 52.2 Å². The molecule has 5 heteroatoms. The van der Waals surface area contributed by atoms with E-state index in [-0.39, 0.29) is 17.4 Å². The van der Waals surface area contributed by atoms with Crippen molar-refractivity contribution >= 4 is 23.3 Å². The van der Waals surface area contributed by atoms with Crippen LogP contribution < -0.4 is 5.32 Å². The standard InChI is InChI=1S/C18H18ClN3O/c1-18(2,3)22-10-11(9-20)16-13(8-15(23)21-17(16)22)12-6-4-5-7-14(12)19/h4-7,10,13H,8H2,1-3H3,(H,21,23)/t13-/m1/s1. The summed E-state index contributed by atoms with van der Waals surface area (Å²) in [4.78, 5) is 12.2. The third kappa shape index (κ3) is 2.62. The molecule has 23 heavy (non-hydrogen) atoms. The summed E-state index contributed by atoms with van der Waals surface area (Å²) in [5.74, 6) is 0.441. The molecule has 0 unspecified atom stereocenters. The smallest absolute Gasteiger partial charge is 0.226 e. The fourth-order valence-corrected chi connectivity index (χ4v) is 3.38. The number of hydrogen-bond acceptors (Lipinski definition) is 2. The van der Waals surface area contributed by atoms with Crippen molar-refractivity contribution < 1.29 is 4.79 Å². The highest BCUT2D eigenvalue weighted by Crippen LogP contribution is 2.43. The van der Waals surface area contributed by atoms with E-state index in [0.29, 0.717) is 22.8 Å². The van der Waals surface area contributed by atoms with Crippen molar-refractivity contribution in [3.8, 4) is 6.07 Å². The Labute approximate surface area is 140 Å². The highest BCUT2D eigenvalue weighted by molar-refractivity contribution is 6.31. The SMILES string of the molecule is CC(C)(C)n1cc(C#N)c2c1NC(=O)C[C@@H]2c1ccccc1Cl. The Morgan fingerprint density at radius 2 is 2.04 bits per heavy atom. The number of aromatic nitrogens is 1. The van der Waals surface area contributed by atoms with Crippen LogP contribution in [-0.4, -0.2) is 10.5 Å². The topological polar surface area (TPSA) is 57.8 Å². The van der Waals surface area contributed by atoms with Gasteiger partial charge < -0.3 is 9.88 Å². The number of rotatable bonds is 1. The number of fused-ring (bicyclic) bond motifs is 1. The van der Waals surface area contributed by atoms with Gasteiger partial charge in [-0.1, -0.05) is 29.8 Å². The lowest BCUT2D eigenvalue weighted by Gasteiger charge is -2.29. The quantitative estimate of drug-likeness (QED) is 0.851. The second-order valence-electron chi connectivity index (χ2n) is 6.78. The number of carbonyl (C=O) groups excluding carboxylic acids is 1. The van der Waals surface area contributed by atoms with Crippen molar-refractivity contribution in [2.45, 2.75) is 38.6 Å². The summed E-state index contributed by atoms with van der Waals surface area (Å²) in [6.07, 6.45) is 2.11. The molecule has 1 N–H and O–H groups in total. The molecule has 0 aliphatic carbocycles. The van der Waals surface area contributed by atoms with E-state index < -0.39 is 0 Å². The zero-order valence-corrected chi connectivity index (χ0v) is 14.1. The van der Waals surface area contributed by atoms with E-state index in [1.165, 1.54) is 0 Å². The predicted octanol–water partition coefficient (Wildman–Crippen LogP) is 4.24. The van der Waals surface area contributed by atoms with Gasteiger partial charge in [-0.2, -0.15) is 5.26 Å². The molecule has 0 spiro atoms. The van der Waals surface area contributed by atoms with Crippen LogP contribution in [0, 0.1) is 11.3 Å². The zero-order valence-electron chi connectivity index (χ0n) is 13.4. The number of halogens is 1. The molecule has 1 aromatic heterocycles. The Bertz CT molecular complexity index is 824. The van der Waals surface area contributed by atoms with Crippen LogP contribution in [0.25, 0.3) is 0 Å². The first-order valence-electron chi connectivity index (χ1n) is 7.53. The second kappa shape index (κ2) is 5.43. The molecule has 118 valence electrons. The Kier molecular flexibility index (Phi) is 3.69. The molecule has 0 fully saturated rings. The van der Waals surface area contributed by atoms with Crippen molar-refractivity contribution in [2.75, 3.05) is 5.32 Å². The molecule has 1 amide bonds. The van der Waals surface area contributed by atoms with Gasteiger partial charge in [0, 0.05) is 34.7 Å². The molecule has 0 bridgehead atoms. The van der Waals surface area contributed by atoms with Crippen LogP contribution in [0.3, 0.4) is 0 Å². The largest absolute Gasteiger partial charge is 0.328 e. The molecule has 3 rings (SSSR count). The molecule has 1 aromatic carbocycles. The highest BCUT2D eigenvalue weighted by Gasteiger charge is 2.35. The summed E-state index contributed by atoms with van der Waals surface area (Å²) >= 11 is 6.34. The first-order chi connectivity index (χ1) is 10.8. The number of amides is 1. The maximum atomic E-state index is 12.2. The average molecular weight is 328 g/mol. The maximum Gasteiger partial charge on any atom is 0.226 e. The van der Waals surface area contributed by atoms with E-state index in [9.17, 15) is 10.1 Å². The first kappa shape index (κ1) is 15.6. The molecular formula is C18H18ClN3O. The fraction of sp³-hybridized carbons (Fsp3) is 0.333. The van der Waals surface area contributed by atoms with Crippen LogP contribution in [-0.2, 0) is 10.3 Å². The maximum absolute atomic E-state index is 12.2. The van der Waals surface area contributed by atoms with Gasteiger partial charge in [-0.25, -0.2) is 0 Å². The van der Waals surface area contributed by atoms with Gasteiger partial charge in [0.25, 0.3) is 0 Å². The normalized spacial score (nSPS) is 17.3. The molecular weight excluding hydrogens is 310 g/mol. The lowest BCUT2D eigenvalue weighted by Crippen LogP contribution is -2.29. The van der Waals surface area contributed by atoms with E-state index in [1.807, 2.05) is 55.8 Å². The lowest BCUT2D eigenvalue weighted by molar-refractivity contribution is -0.116. The molecule has 0 saturated carbocycles.